The zero-order chi connectivity index (χ0) is 47.3. The minimum absolute atomic E-state index is 0. The van der Waals surface area contributed by atoms with Crippen LogP contribution in [0.15, 0.2) is 0 Å². The van der Waals surface area contributed by atoms with Gasteiger partial charge in [-0.15, -0.1) is 0 Å². The Kier molecular flexibility index (Phi) is 64.9. The van der Waals surface area contributed by atoms with E-state index in [9.17, 15) is 45.0 Å². The third-order valence-electron chi connectivity index (χ3n) is 12.2. The molecule has 0 aromatic heterocycles. The van der Waals surface area contributed by atoms with E-state index in [0.717, 1.165) is 173 Å². The fourth-order valence-electron chi connectivity index (χ4n) is 7.98. The van der Waals surface area contributed by atoms with Gasteiger partial charge in [0.1, 0.15) is 0 Å². The van der Waals surface area contributed by atoms with E-state index in [4.69, 9.17) is 0 Å². The molecule has 3 N–H and O–H groups in total. The second-order valence-corrected chi connectivity index (χ2v) is 18.7. The topological polar surface area (TPSA) is 181 Å². The average Bonchev–Trinajstić information content (AvgIpc) is 3.24. The number of carboxylic acid groups (broad SMARTS) is 3. The van der Waals surface area contributed by atoms with Crippen LogP contribution in [0.3, 0.4) is 0 Å². The molecule has 10 heteroatoms. The molecule has 0 amide bonds. The Bertz CT molecular complexity index is 807. The first kappa shape index (κ1) is 69.4. The molecular formula is C54H105AlO9. The number of unbranched alkanes of at least 4 members (excludes halogenated alkanes) is 30. The Labute approximate surface area is 406 Å². The Hall–Kier alpha value is -1.18. The molecule has 3 unspecified atom stereocenters. The van der Waals surface area contributed by atoms with Gasteiger partial charge >= 0.3 is 17.4 Å². The molecule has 9 nitrogen and oxygen atoms in total. The predicted molar refractivity (Wildman–Crippen MR) is 264 cm³/mol. The van der Waals surface area contributed by atoms with Gasteiger partial charge in [-0.1, -0.05) is 233 Å². The summed E-state index contributed by atoms with van der Waals surface area (Å²) in [7, 11) is 0. The number of hydrogen-bond acceptors (Lipinski definition) is 9. The number of aliphatic hydroxyl groups is 3. The van der Waals surface area contributed by atoms with Gasteiger partial charge in [-0.05, 0) is 77.0 Å². The molecule has 0 aliphatic heterocycles. The number of carbonyl (C=O) groups is 3. The van der Waals surface area contributed by atoms with E-state index in [1.54, 1.807) is 0 Å². The molecule has 378 valence electrons. The Morgan fingerprint density at radius 2 is 0.422 bits per heavy atom. The van der Waals surface area contributed by atoms with Crippen LogP contribution in [-0.2, 0) is 14.4 Å². The molecule has 0 aliphatic carbocycles. The summed E-state index contributed by atoms with van der Waals surface area (Å²) in [6, 6.07) is 0. The van der Waals surface area contributed by atoms with Crippen LogP contribution < -0.4 is 15.3 Å². The van der Waals surface area contributed by atoms with Gasteiger partial charge in [0.25, 0.3) is 0 Å². The van der Waals surface area contributed by atoms with E-state index in [1.165, 1.54) is 96.3 Å². The van der Waals surface area contributed by atoms with Gasteiger partial charge in [-0.2, -0.15) is 0 Å². The number of aliphatic carboxylic acids is 3. The normalized spacial score (nSPS) is 12.3. The van der Waals surface area contributed by atoms with Gasteiger partial charge in [0.2, 0.25) is 0 Å². The monoisotopic (exact) mass is 925 g/mol. The maximum Gasteiger partial charge on any atom is 3.00 e. The molecule has 0 saturated heterocycles. The molecule has 0 fully saturated rings. The minimum atomic E-state index is -0.937. The second kappa shape index (κ2) is 59.8. The maximum atomic E-state index is 10.2. The Morgan fingerprint density at radius 3 is 0.578 bits per heavy atom. The fourth-order valence-corrected chi connectivity index (χ4v) is 7.98. The summed E-state index contributed by atoms with van der Waals surface area (Å²) in [5.41, 5.74) is 0. The quantitative estimate of drug-likeness (QED) is 0.0395. The summed E-state index contributed by atoms with van der Waals surface area (Å²) < 4.78 is 0. The van der Waals surface area contributed by atoms with Crippen LogP contribution in [0.4, 0.5) is 0 Å². The standard InChI is InChI=1S/3C18H36O3.Al/c3*1-2-3-4-5-8-11-14-17(19)15-12-9-6-7-10-13-16-18(20)21;/h3*17,19H,2-16H2,1H3,(H,20,21);/q;;;+3/p-3. The van der Waals surface area contributed by atoms with Crippen molar-refractivity contribution >= 4 is 35.3 Å². The van der Waals surface area contributed by atoms with Crippen molar-refractivity contribution in [2.75, 3.05) is 0 Å². The number of rotatable bonds is 48. The van der Waals surface area contributed by atoms with Crippen LogP contribution in [-0.4, -0.2) is 68.9 Å². The van der Waals surface area contributed by atoms with Gasteiger partial charge < -0.3 is 45.0 Å². The van der Waals surface area contributed by atoms with Crippen LogP contribution in [0.2, 0.25) is 0 Å². The summed E-state index contributed by atoms with van der Waals surface area (Å²) in [6.45, 7) is 6.69. The van der Waals surface area contributed by atoms with E-state index in [0.29, 0.717) is 0 Å². The first-order valence-corrected chi connectivity index (χ1v) is 27.1. The largest absolute Gasteiger partial charge is 3.00 e. The van der Waals surface area contributed by atoms with Gasteiger partial charge in [0, 0.05) is 17.9 Å². The van der Waals surface area contributed by atoms with Crippen molar-refractivity contribution in [1.29, 1.82) is 0 Å². The minimum Gasteiger partial charge on any atom is -0.550 e. The van der Waals surface area contributed by atoms with Crippen molar-refractivity contribution in [3.8, 4) is 0 Å². The summed E-state index contributed by atoms with van der Waals surface area (Å²) in [5.74, 6) is -2.81. The second-order valence-electron chi connectivity index (χ2n) is 18.7. The van der Waals surface area contributed by atoms with Crippen molar-refractivity contribution in [2.45, 2.75) is 328 Å². The summed E-state index contributed by atoms with van der Waals surface area (Å²) in [4.78, 5) is 30.7. The summed E-state index contributed by atoms with van der Waals surface area (Å²) >= 11 is 0. The van der Waals surface area contributed by atoms with Crippen LogP contribution in [0, 0.1) is 0 Å². The zero-order valence-electron chi connectivity index (χ0n) is 42.4. The van der Waals surface area contributed by atoms with E-state index in [2.05, 4.69) is 20.8 Å². The van der Waals surface area contributed by atoms with E-state index in [1.807, 2.05) is 0 Å². The smallest absolute Gasteiger partial charge is 0.550 e. The molecule has 64 heavy (non-hydrogen) atoms. The van der Waals surface area contributed by atoms with E-state index >= 15 is 0 Å². The first-order valence-electron chi connectivity index (χ1n) is 27.1. The Morgan fingerprint density at radius 1 is 0.281 bits per heavy atom. The molecule has 0 radical (unpaired) electrons. The van der Waals surface area contributed by atoms with E-state index in [-0.39, 0.29) is 54.9 Å². The molecule has 0 saturated carbocycles. The van der Waals surface area contributed by atoms with Crippen molar-refractivity contribution in [3.63, 3.8) is 0 Å². The maximum absolute atomic E-state index is 10.2. The molecule has 0 spiro atoms. The molecule has 0 bridgehead atoms. The molecule has 0 heterocycles. The predicted octanol–water partition coefficient (Wildman–Crippen LogP) is 11.5. The zero-order valence-corrected chi connectivity index (χ0v) is 43.6. The van der Waals surface area contributed by atoms with Crippen LogP contribution >= 0.6 is 0 Å². The van der Waals surface area contributed by atoms with Crippen LogP contribution in [0.5, 0.6) is 0 Å². The van der Waals surface area contributed by atoms with Crippen molar-refractivity contribution < 1.29 is 45.0 Å². The SMILES string of the molecule is CCCCCCCCC(O)CCCCCCCCC(=O)[O-].CCCCCCCCC(O)CCCCCCCCC(=O)[O-].CCCCCCCCC(O)CCCCCCCCC(=O)[O-].[Al+3]. The van der Waals surface area contributed by atoms with Crippen molar-refractivity contribution in [1.82, 2.24) is 0 Å². The first-order chi connectivity index (χ1) is 30.5. The molecule has 0 rings (SSSR count). The molecule has 3 atom stereocenters. The molecule has 0 aromatic carbocycles. The average molecular weight is 925 g/mol. The van der Waals surface area contributed by atoms with Gasteiger partial charge in [-0.3, -0.25) is 0 Å². The molecule has 0 aliphatic rings. The number of carboxylic acids is 3. The van der Waals surface area contributed by atoms with Crippen molar-refractivity contribution in [3.05, 3.63) is 0 Å². The third kappa shape index (κ3) is 69.9. The van der Waals surface area contributed by atoms with Gasteiger partial charge in [-0.25, -0.2) is 0 Å². The summed E-state index contributed by atoms with van der Waals surface area (Å²) in [6.07, 6.45) is 47.6. The number of aliphatic hydroxyl groups excluding tert-OH is 3. The van der Waals surface area contributed by atoms with Crippen LogP contribution in [0.1, 0.15) is 310 Å². The van der Waals surface area contributed by atoms with E-state index < -0.39 is 17.9 Å². The summed E-state index contributed by atoms with van der Waals surface area (Å²) in [5, 5.41) is 60.3. The molecule has 0 aromatic rings. The number of hydrogen-bond donors (Lipinski definition) is 3. The van der Waals surface area contributed by atoms with Gasteiger partial charge in [0.15, 0.2) is 0 Å². The Balaban J connectivity index is -0.000000419. The fraction of sp³-hybridized carbons (Fsp3) is 0.944. The number of carbonyl (C=O) groups excluding carboxylic acids is 3. The molecular weight excluding hydrogens is 820 g/mol. The van der Waals surface area contributed by atoms with Crippen LogP contribution in [0.25, 0.3) is 0 Å². The third-order valence-corrected chi connectivity index (χ3v) is 12.2. The van der Waals surface area contributed by atoms with Gasteiger partial charge in [0.05, 0.1) is 18.3 Å². The van der Waals surface area contributed by atoms with Crippen molar-refractivity contribution in [2.24, 2.45) is 0 Å².